The molecule has 0 spiro atoms. The topological polar surface area (TPSA) is 85.3 Å². The zero-order valence-electron chi connectivity index (χ0n) is 25.5. The first-order chi connectivity index (χ1) is 21.6. The lowest BCUT2D eigenvalue weighted by atomic mass is 9.82. The van der Waals surface area contributed by atoms with Crippen LogP contribution in [0.25, 0.3) is 22.3 Å². The van der Waals surface area contributed by atoms with E-state index in [0.717, 1.165) is 58.5 Å². The van der Waals surface area contributed by atoms with Crippen LogP contribution in [0.15, 0.2) is 60.9 Å². The summed E-state index contributed by atoms with van der Waals surface area (Å²) in [6.07, 6.45) is 11.8. The standard InChI is InChI=1S/C35H44BrN7O/c36-22-25-6-8-26(9-7-25)23-41-18-20-42(21-19-41)28-12-14-29(15-13-28)43-35-32(34(37)38-24-39-35)33(40-43)27-10-16-31(17-11-27)44-30-4-2-1-3-5-30/h1-5,10-11,16-17,24-26,28-29H,6-9,12-15,18-23H2,(H2,37,38,39). The van der Waals surface area contributed by atoms with E-state index in [9.17, 15) is 0 Å². The van der Waals surface area contributed by atoms with Crippen LogP contribution in [-0.4, -0.2) is 73.6 Å². The van der Waals surface area contributed by atoms with Gasteiger partial charge in [-0.15, -0.1) is 0 Å². The zero-order chi connectivity index (χ0) is 29.9. The molecule has 2 aliphatic carbocycles. The molecule has 0 unspecified atom stereocenters. The number of para-hydroxylation sites is 1. The molecule has 1 aliphatic heterocycles. The molecule has 44 heavy (non-hydrogen) atoms. The van der Waals surface area contributed by atoms with E-state index in [1.54, 1.807) is 6.33 Å². The van der Waals surface area contributed by atoms with Crippen LogP contribution >= 0.6 is 15.9 Å². The van der Waals surface area contributed by atoms with Gasteiger partial charge in [-0.25, -0.2) is 14.6 Å². The molecule has 0 bridgehead atoms. The summed E-state index contributed by atoms with van der Waals surface area (Å²) in [7, 11) is 0. The Morgan fingerprint density at radius 1 is 0.750 bits per heavy atom. The summed E-state index contributed by atoms with van der Waals surface area (Å²) in [5.74, 6) is 3.88. The summed E-state index contributed by atoms with van der Waals surface area (Å²) < 4.78 is 8.14. The Hall–Kier alpha value is -3.01. The van der Waals surface area contributed by atoms with Gasteiger partial charge in [0, 0.05) is 49.7 Å². The van der Waals surface area contributed by atoms with Crippen molar-refractivity contribution in [3.63, 3.8) is 0 Å². The maximum Gasteiger partial charge on any atom is 0.164 e. The van der Waals surface area contributed by atoms with Crippen molar-refractivity contribution in [1.82, 2.24) is 29.5 Å². The predicted molar refractivity (Wildman–Crippen MR) is 180 cm³/mol. The first-order valence-corrected chi connectivity index (χ1v) is 17.6. The minimum atomic E-state index is 0.313. The molecule has 2 aromatic carbocycles. The molecule has 2 aromatic heterocycles. The van der Waals surface area contributed by atoms with Gasteiger partial charge >= 0.3 is 0 Å². The van der Waals surface area contributed by atoms with Gasteiger partial charge in [0.2, 0.25) is 0 Å². The number of nitrogens with two attached hydrogens (primary N) is 1. The average Bonchev–Trinajstić information content (AvgIpc) is 3.47. The van der Waals surface area contributed by atoms with E-state index < -0.39 is 0 Å². The van der Waals surface area contributed by atoms with Crippen LogP contribution < -0.4 is 10.5 Å². The summed E-state index contributed by atoms with van der Waals surface area (Å²) in [5, 5.41) is 7.16. The molecule has 3 aliphatic rings. The number of hydrogen-bond acceptors (Lipinski definition) is 7. The number of halogens is 1. The molecule has 4 aromatic rings. The SMILES string of the molecule is Nc1ncnc2c1c(-c1ccc(Oc3ccccc3)cc1)nn2C1CCC(N2CCN(CC3CCC(CBr)CC3)CC2)CC1. The van der Waals surface area contributed by atoms with Crippen molar-refractivity contribution in [3.8, 4) is 22.8 Å². The molecule has 232 valence electrons. The predicted octanol–water partition coefficient (Wildman–Crippen LogP) is 7.17. The van der Waals surface area contributed by atoms with Crippen LogP contribution in [0.5, 0.6) is 11.5 Å². The molecule has 3 heterocycles. The minimum Gasteiger partial charge on any atom is -0.457 e. The third kappa shape index (κ3) is 6.51. The number of benzene rings is 2. The lowest BCUT2D eigenvalue weighted by Gasteiger charge is -2.43. The Morgan fingerprint density at radius 2 is 1.41 bits per heavy atom. The second-order valence-corrected chi connectivity index (χ2v) is 13.7. The quantitative estimate of drug-likeness (QED) is 0.201. The number of hydrogen-bond donors (Lipinski definition) is 1. The van der Waals surface area contributed by atoms with Gasteiger partial charge in [0.05, 0.1) is 11.4 Å². The van der Waals surface area contributed by atoms with Crippen LogP contribution in [0, 0.1) is 11.8 Å². The van der Waals surface area contributed by atoms with Gasteiger partial charge in [-0.1, -0.05) is 34.1 Å². The van der Waals surface area contributed by atoms with Crippen LogP contribution in [0.4, 0.5) is 5.82 Å². The monoisotopic (exact) mass is 657 g/mol. The molecule has 9 heteroatoms. The lowest BCUT2D eigenvalue weighted by molar-refractivity contribution is 0.0591. The molecule has 3 fully saturated rings. The van der Waals surface area contributed by atoms with E-state index in [4.69, 9.17) is 15.6 Å². The van der Waals surface area contributed by atoms with Gasteiger partial charge in [0.1, 0.15) is 29.3 Å². The van der Waals surface area contributed by atoms with E-state index in [0.29, 0.717) is 17.9 Å². The number of fused-ring (bicyclic) bond motifs is 1. The number of rotatable bonds is 8. The van der Waals surface area contributed by atoms with Gasteiger partial charge in [-0.05, 0) is 99.6 Å². The van der Waals surface area contributed by atoms with Crippen molar-refractivity contribution in [2.45, 2.75) is 63.5 Å². The Labute approximate surface area is 269 Å². The van der Waals surface area contributed by atoms with Gasteiger partial charge in [0.15, 0.2) is 5.65 Å². The summed E-state index contributed by atoms with van der Waals surface area (Å²) in [5.41, 5.74) is 9.08. The molecule has 2 N–H and O–H groups in total. The first kappa shape index (κ1) is 29.7. The highest BCUT2D eigenvalue weighted by Crippen LogP contribution is 2.38. The van der Waals surface area contributed by atoms with Crippen LogP contribution in [0.3, 0.4) is 0 Å². The maximum absolute atomic E-state index is 6.43. The van der Waals surface area contributed by atoms with E-state index in [1.165, 1.54) is 76.6 Å². The third-order valence-electron chi connectivity index (χ3n) is 10.3. The molecule has 1 saturated heterocycles. The maximum atomic E-state index is 6.43. The van der Waals surface area contributed by atoms with Crippen molar-refractivity contribution in [2.24, 2.45) is 11.8 Å². The number of anilines is 1. The van der Waals surface area contributed by atoms with E-state index in [2.05, 4.69) is 40.4 Å². The summed E-state index contributed by atoms with van der Waals surface area (Å²) in [6.45, 7) is 6.15. The summed E-state index contributed by atoms with van der Waals surface area (Å²) >= 11 is 3.69. The number of aromatic nitrogens is 4. The van der Waals surface area contributed by atoms with Crippen molar-refractivity contribution in [1.29, 1.82) is 0 Å². The average molecular weight is 659 g/mol. The van der Waals surface area contributed by atoms with Crippen molar-refractivity contribution >= 4 is 32.8 Å². The van der Waals surface area contributed by atoms with Gasteiger partial charge in [-0.3, -0.25) is 4.90 Å². The van der Waals surface area contributed by atoms with Crippen LogP contribution in [-0.2, 0) is 0 Å². The molecular weight excluding hydrogens is 614 g/mol. The first-order valence-electron chi connectivity index (χ1n) is 16.5. The fourth-order valence-electron chi connectivity index (χ4n) is 7.67. The second-order valence-electron chi connectivity index (χ2n) is 13.0. The molecule has 0 radical (unpaired) electrons. The van der Waals surface area contributed by atoms with Crippen molar-refractivity contribution in [2.75, 3.05) is 43.8 Å². The van der Waals surface area contributed by atoms with E-state index >= 15 is 0 Å². The number of ether oxygens (including phenoxy) is 1. The number of alkyl halides is 1. The summed E-state index contributed by atoms with van der Waals surface area (Å²) in [6, 6.07) is 18.9. The molecule has 0 amide bonds. The van der Waals surface area contributed by atoms with Gasteiger partial charge in [0.25, 0.3) is 0 Å². The Bertz CT molecular complexity index is 1500. The van der Waals surface area contributed by atoms with Gasteiger partial charge in [-0.2, -0.15) is 5.10 Å². The lowest BCUT2D eigenvalue weighted by Crippen LogP contribution is -2.52. The largest absolute Gasteiger partial charge is 0.457 e. The van der Waals surface area contributed by atoms with Crippen LogP contribution in [0.1, 0.15) is 57.4 Å². The summed E-state index contributed by atoms with van der Waals surface area (Å²) in [4.78, 5) is 14.5. The smallest absolute Gasteiger partial charge is 0.164 e. The Morgan fingerprint density at radius 3 is 2.11 bits per heavy atom. The normalized spacial score (nSPS) is 25.3. The number of nitrogens with zero attached hydrogens (tertiary/aromatic N) is 6. The fourth-order valence-corrected chi connectivity index (χ4v) is 8.32. The van der Waals surface area contributed by atoms with Crippen molar-refractivity contribution < 1.29 is 4.74 Å². The highest BCUT2D eigenvalue weighted by atomic mass is 79.9. The number of nitrogen functional groups attached to an aromatic ring is 1. The molecule has 0 atom stereocenters. The molecule has 2 saturated carbocycles. The Kier molecular flexibility index (Phi) is 9.14. The van der Waals surface area contributed by atoms with Crippen molar-refractivity contribution in [3.05, 3.63) is 60.9 Å². The van der Waals surface area contributed by atoms with Crippen LogP contribution in [0.2, 0.25) is 0 Å². The Balaban J connectivity index is 0.980. The highest BCUT2D eigenvalue weighted by molar-refractivity contribution is 9.09. The minimum absolute atomic E-state index is 0.313. The highest BCUT2D eigenvalue weighted by Gasteiger charge is 2.32. The van der Waals surface area contributed by atoms with E-state index in [-0.39, 0.29) is 0 Å². The third-order valence-corrected chi connectivity index (χ3v) is 11.2. The van der Waals surface area contributed by atoms with E-state index in [1.807, 2.05) is 54.6 Å². The second kappa shape index (κ2) is 13.5. The molecule has 7 rings (SSSR count). The van der Waals surface area contributed by atoms with Gasteiger partial charge < -0.3 is 15.4 Å². The number of piperazine rings is 1. The molecular formula is C35H44BrN7O. The fraction of sp³-hybridized carbons (Fsp3) is 0.514. The zero-order valence-corrected chi connectivity index (χ0v) is 27.1. The molecule has 8 nitrogen and oxygen atoms in total.